The van der Waals surface area contributed by atoms with Crippen molar-refractivity contribution in [1.82, 2.24) is 14.1 Å². The molecule has 1 aromatic carbocycles. The minimum atomic E-state index is -2.77. The predicted molar refractivity (Wildman–Crippen MR) is 126 cm³/mol. The molecule has 2 fully saturated rings. The van der Waals surface area contributed by atoms with Crippen LogP contribution in [0.3, 0.4) is 0 Å². The molecule has 0 atom stereocenters. The molecule has 5 rings (SSSR count). The van der Waals surface area contributed by atoms with E-state index in [0.717, 1.165) is 15.2 Å². The number of nitrogens with zero attached hydrogens (tertiary/aromatic N) is 5. The molecular formula is C24H18ClF4N5O3. The molecule has 1 aliphatic carbocycles. The van der Waals surface area contributed by atoms with Gasteiger partial charge in [-0.3, -0.25) is 14.3 Å². The van der Waals surface area contributed by atoms with Gasteiger partial charge in [-0.1, -0.05) is 17.7 Å². The first kappa shape index (κ1) is 24.8. The third-order valence-electron chi connectivity index (χ3n) is 6.55. The number of hydrogen-bond acceptors (Lipinski definition) is 6. The minimum Gasteiger partial charge on any atom is -0.461 e. The van der Waals surface area contributed by atoms with Gasteiger partial charge in [0, 0.05) is 37.4 Å². The van der Waals surface area contributed by atoms with Crippen LogP contribution in [0.25, 0.3) is 16.8 Å². The van der Waals surface area contributed by atoms with Crippen molar-refractivity contribution in [2.24, 2.45) is 5.41 Å². The monoisotopic (exact) mass is 535 g/mol. The van der Waals surface area contributed by atoms with Crippen LogP contribution in [-0.4, -0.2) is 40.0 Å². The molecule has 3 heterocycles. The van der Waals surface area contributed by atoms with Crippen molar-refractivity contribution in [3.05, 3.63) is 68.3 Å². The zero-order valence-electron chi connectivity index (χ0n) is 19.1. The number of hydrogen-bond donors (Lipinski definition) is 0. The second kappa shape index (κ2) is 8.92. The fraction of sp³-hybridized carbons (Fsp3) is 0.333. The van der Waals surface area contributed by atoms with Crippen LogP contribution in [0.5, 0.6) is 5.75 Å². The second-order valence-corrected chi connectivity index (χ2v) is 9.60. The Kier molecular flexibility index (Phi) is 5.98. The van der Waals surface area contributed by atoms with Crippen molar-refractivity contribution in [1.29, 1.82) is 5.26 Å². The molecule has 37 heavy (non-hydrogen) atoms. The third-order valence-corrected chi connectivity index (χ3v) is 6.84. The Bertz CT molecular complexity index is 1550. The molecular weight excluding hydrogens is 518 g/mol. The van der Waals surface area contributed by atoms with Crippen LogP contribution in [-0.2, 0) is 6.54 Å². The number of benzene rings is 1. The van der Waals surface area contributed by atoms with Crippen LogP contribution in [0.2, 0.25) is 5.02 Å². The Balaban J connectivity index is 1.75. The number of nitriles is 1. The summed E-state index contributed by atoms with van der Waals surface area (Å²) in [5, 5.41) is 9.21. The summed E-state index contributed by atoms with van der Waals surface area (Å²) in [4.78, 5) is 32.9. The molecule has 1 saturated carbocycles. The molecule has 1 spiro atoms. The molecule has 8 nitrogen and oxygen atoms in total. The first-order valence-electron chi connectivity index (χ1n) is 11.1. The van der Waals surface area contributed by atoms with Gasteiger partial charge in [-0.2, -0.15) is 5.26 Å². The summed E-state index contributed by atoms with van der Waals surface area (Å²) >= 11 is 5.98. The summed E-state index contributed by atoms with van der Waals surface area (Å²) in [5.74, 6) is -3.52. The van der Waals surface area contributed by atoms with E-state index in [-0.39, 0.29) is 59.3 Å². The quantitative estimate of drug-likeness (QED) is 0.444. The SMILES string of the molecule is N#CCn1c(N2CC3(C2)CC(F)(F)C3)c(-c2ccc(F)c(Cl)c2)c(=O)n(-c2cncc(OCF)c2)c1=O. The van der Waals surface area contributed by atoms with Gasteiger partial charge in [0.25, 0.3) is 5.56 Å². The summed E-state index contributed by atoms with van der Waals surface area (Å²) < 4.78 is 60.4. The number of anilines is 1. The van der Waals surface area contributed by atoms with Crippen LogP contribution in [0, 0.1) is 22.6 Å². The molecule has 2 aromatic heterocycles. The third kappa shape index (κ3) is 4.23. The number of aromatic nitrogens is 3. The molecule has 0 N–H and O–H groups in total. The van der Waals surface area contributed by atoms with E-state index in [4.69, 9.17) is 16.3 Å². The number of halogens is 5. The van der Waals surface area contributed by atoms with Gasteiger partial charge in [0.05, 0.1) is 34.7 Å². The molecule has 2 aliphatic rings. The summed E-state index contributed by atoms with van der Waals surface area (Å²) in [5.41, 5.74) is -2.42. The van der Waals surface area contributed by atoms with Gasteiger partial charge in [0.15, 0.2) is 0 Å². The molecule has 0 bridgehead atoms. The Morgan fingerprint density at radius 2 is 1.89 bits per heavy atom. The standard InChI is InChI=1S/C24H18ClF4N5O3/c25-17-5-14(1-2-18(17)27)19-20(32-11-23(12-32)9-24(28,29)10-23)33(4-3-30)22(36)34(21(19)35)15-6-16(37-13-26)8-31-7-15/h1-2,5-8H,4,9-13H2. The van der Waals surface area contributed by atoms with E-state index in [9.17, 15) is 32.4 Å². The second-order valence-electron chi connectivity index (χ2n) is 9.19. The van der Waals surface area contributed by atoms with Crippen molar-refractivity contribution in [2.45, 2.75) is 25.3 Å². The van der Waals surface area contributed by atoms with Crippen LogP contribution in [0.4, 0.5) is 23.4 Å². The van der Waals surface area contributed by atoms with Gasteiger partial charge in [-0.15, -0.1) is 0 Å². The van der Waals surface area contributed by atoms with E-state index in [1.807, 2.05) is 6.07 Å². The Hall–Kier alpha value is -3.85. The largest absolute Gasteiger partial charge is 0.461 e. The maximum atomic E-state index is 14.0. The zero-order valence-corrected chi connectivity index (χ0v) is 19.8. The minimum absolute atomic E-state index is 0.0421. The fourth-order valence-corrected chi connectivity index (χ4v) is 5.35. The van der Waals surface area contributed by atoms with Crippen molar-refractivity contribution in [3.8, 4) is 28.6 Å². The van der Waals surface area contributed by atoms with E-state index < -0.39 is 41.8 Å². The van der Waals surface area contributed by atoms with E-state index in [0.29, 0.717) is 0 Å². The molecule has 0 radical (unpaired) electrons. The molecule has 1 saturated heterocycles. The lowest BCUT2D eigenvalue weighted by Crippen LogP contribution is -2.67. The highest BCUT2D eigenvalue weighted by Crippen LogP contribution is 2.57. The highest BCUT2D eigenvalue weighted by Gasteiger charge is 2.62. The number of rotatable bonds is 6. The Morgan fingerprint density at radius 3 is 2.51 bits per heavy atom. The molecule has 0 unspecified atom stereocenters. The molecule has 192 valence electrons. The average molecular weight is 536 g/mol. The summed E-state index contributed by atoms with van der Waals surface area (Å²) in [6, 6.07) is 6.65. The van der Waals surface area contributed by atoms with Crippen molar-refractivity contribution in [3.63, 3.8) is 0 Å². The van der Waals surface area contributed by atoms with Crippen LogP contribution in [0.1, 0.15) is 12.8 Å². The highest BCUT2D eigenvalue weighted by molar-refractivity contribution is 6.31. The molecule has 3 aromatic rings. The van der Waals surface area contributed by atoms with E-state index in [1.165, 1.54) is 30.6 Å². The van der Waals surface area contributed by atoms with E-state index in [2.05, 4.69) is 4.98 Å². The van der Waals surface area contributed by atoms with Gasteiger partial charge >= 0.3 is 5.69 Å². The van der Waals surface area contributed by atoms with Crippen LogP contribution < -0.4 is 20.9 Å². The van der Waals surface area contributed by atoms with Gasteiger partial charge in [-0.25, -0.2) is 26.9 Å². The Labute approximate surface area is 211 Å². The van der Waals surface area contributed by atoms with Gasteiger partial charge in [-0.05, 0) is 17.7 Å². The average Bonchev–Trinajstić information content (AvgIpc) is 2.80. The first-order chi connectivity index (χ1) is 17.6. The van der Waals surface area contributed by atoms with Gasteiger partial charge in [0.1, 0.15) is 23.9 Å². The summed E-state index contributed by atoms with van der Waals surface area (Å²) in [6.07, 6.45) is 1.73. The lowest BCUT2D eigenvalue weighted by molar-refractivity contribution is -0.170. The van der Waals surface area contributed by atoms with Crippen molar-refractivity contribution < 1.29 is 22.3 Å². The van der Waals surface area contributed by atoms with Crippen molar-refractivity contribution in [2.75, 3.05) is 24.9 Å². The first-order valence-corrected chi connectivity index (χ1v) is 11.5. The van der Waals surface area contributed by atoms with E-state index in [1.54, 1.807) is 4.90 Å². The van der Waals surface area contributed by atoms with Crippen molar-refractivity contribution >= 4 is 17.4 Å². The smallest absolute Gasteiger partial charge is 0.338 e. The normalized spacial score (nSPS) is 17.1. The Morgan fingerprint density at radius 1 is 1.16 bits per heavy atom. The number of alkyl halides is 3. The van der Waals surface area contributed by atoms with Gasteiger partial charge in [0.2, 0.25) is 12.8 Å². The topological polar surface area (TPSA) is 93.2 Å². The van der Waals surface area contributed by atoms with E-state index >= 15 is 0 Å². The molecule has 13 heteroatoms. The summed E-state index contributed by atoms with van der Waals surface area (Å²) in [6.45, 7) is -1.38. The highest BCUT2D eigenvalue weighted by atomic mass is 35.5. The predicted octanol–water partition coefficient (Wildman–Crippen LogP) is 3.92. The van der Waals surface area contributed by atoms with Gasteiger partial charge < -0.3 is 9.64 Å². The maximum absolute atomic E-state index is 14.0. The molecule has 1 aliphatic heterocycles. The van der Waals surface area contributed by atoms with Crippen LogP contribution in [0.15, 0.2) is 46.2 Å². The number of ether oxygens (including phenoxy) is 1. The lowest BCUT2D eigenvalue weighted by atomic mass is 9.61. The zero-order chi connectivity index (χ0) is 26.5. The fourth-order valence-electron chi connectivity index (χ4n) is 5.17. The summed E-state index contributed by atoms with van der Waals surface area (Å²) in [7, 11) is 0. The maximum Gasteiger partial charge on any atom is 0.338 e. The van der Waals surface area contributed by atoms with Crippen LogP contribution >= 0.6 is 11.6 Å². The lowest BCUT2D eigenvalue weighted by Gasteiger charge is -2.59. The number of pyridine rings is 1. The molecule has 0 amide bonds.